The van der Waals surface area contributed by atoms with Gasteiger partial charge in [0.2, 0.25) is 0 Å². The van der Waals surface area contributed by atoms with E-state index in [0.29, 0.717) is 12.1 Å². The van der Waals surface area contributed by atoms with Gasteiger partial charge in [0.15, 0.2) is 0 Å². The fourth-order valence-electron chi connectivity index (χ4n) is 2.48. The van der Waals surface area contributed by atoms with Gasteiger partial charge in [-0.2, -0.15) is 0 Å². The van der Waals surface area contributed by atoms with Crippen LogP contribution >= 0.6 is 0 Å². The predicted octanol–water partition coefficient (Wildman–Crippen LogP) is 1.15. The number of amides is 1. The molecule has 5 nitrogen and oxygen atoms in total. The van der Waals surface area contributed by atoms with Crippen LogP contribution in [-0.2, 0) is 0 Å². The molecule has 0 aromatic carbocycles. The molecular formula is C13H19N3O2. The van der Waals surface area contributed by atoms with Crippen LogP contribution in [0.5, 0.6) is 0 Å². The molecule has 98 valence electrons. The van der Waals surface area contributed by atoms with Crippen LogP contribution in [0.4, 0.5) is 0 Å². The Labute approximate surface area is 107 Å². The molecule has 1 heterocycles. The van der Waals surface area contributed by atoms with Crippen LogP contribution in [0.2, 0.25) is 0 Å². The van der Waals surface area contributed by atoms with Crippen molar-refractivity contribution >= 4 is 5.91 Å². The number of rotatable bonds is 4. The topological polar surface area (TPSA) is 75.1 Å². The smallest absolute Gasteiger partial charge is 0.254 e. The van der Waals surface area contributed by atoms with Crippen LogP contribution in [0, 0.1) is 5.41 Å². The predicted molar refractivity (Wildman–Crippen MR) is 67.0 cm³/mol. The first-order valence-electron chi connectivity index (χ1n) is 6.40. The van der Waals surface area contributed by atoms with Crippen molar-refractivity contribution in [1.29, 1.82) is 0 Å². The summed E-state index contributed by atoms with van der Waals surface area (Å²) in [5.74, 6) is -0.172. The fraction of sp³-hybridized carbons (Fsp3) is 0.615. The summed E-state index contributed by atoms with van der Waals surface area (Å²) in [5.41, 5.74) is 0.324. The number of nitrogens with one attached hydrogen (secondary N) is 1. The number of nitrogens with zero attached hydrogens (tertiary/aromatic N) is 2. The Morgan fingerprint density at radius 3 is 2.56 bits per heavy atom. The molecule has 1 amide bonds. The number of hydrogen-bond acceptors (Lipinski definition) is 4. The molecule has 2 rings (SSSR count). The highest BCUT2D eigenvalue weighted by atomic mass is 16.3. The third-order valence-electron chi connectivity index (χ3n) is 3.70. The Hall–Kier alpha value is -1.49. The quantitative estimate of drug-likeness (QED) is 0.839. The molecule has 1 fully saturated rings. The summed E-state index contributed by atoms with van der Waals surface area (Å²) in [7, 11) is 0. The number of carbonyl (C=O) groups excluding carboxylic acids is 1. The summed E-state index contributed by atoms with van der Waals surface area (Å²) in [5, 5.41) is 12.4. The molecule has 0 atom stereocenters. The van der Waals surface area contributed by atoms with Crippen LogP contribution in [0.3, 0.4) is 0 Å². The van der Waals surface area contributed by atoms with Gasteiger partial charge in [-0.15, -0.1) is 0 Å². The molecule has 0 aliphatic heterocycles. The second-order valence-electron chi connectivity index (χ2n) is 5.03. The second kappa shape index (κ2) is 5.91. The van der Waals surface area contributed by atoms with E-state index < -0.39 is 0 Å². The maximum Gasteiger partial charge on any atom is 0.254 e. The highest BCUT2D eigenvalue weighted by Gasteiger charge is 2.31. The van der Waals surface area contributed by atoms with Gasteiger partial charge >= 0.3 is 0 Å². The molecule has 2 N–H and O–H groups in total. The third-order valence-corrected chi connectivity index (χ3v) is 3.70. The van der Waals surface area contributed by atoms with Crippen molar-refractivity contribution in [3.63, 3.8) is 0 Å². The van der Waals surface area contributed by atoms with E-state index in [1.54, 1.807) is 0 Å². The lowest BCUT2D eigenvalue weighted by Gasteiger charge is -2.35. The van der Waals surface area contributed by atoms with Gasteiger partial charge in [0.25, 0.3) is 5.91 Å². The molecular weight excluding hydrogens is 230 g/mol. The monoisotopic (exact) mass is 249 g/mol. The van der Waals surface area contributed by atoms with E-state index in [0.717, 1.165) is 25.7 Å². The Kier molecular flexibility index (Phi) is 4.25. The van der Waals surface area contributed by atoms with Gasteiger partial charge in [-0.3, -0.25) is 4.79 Å². The van der Waals surface area contributed by atoms with Crippen molar-refractivity contribution in [1.82, 2.24) is 15.3 Å². The van der Waals surface area contributed by atoms with Crippen LogP contribution in [0.25, 0.3) is 0 Å². The normalized spacial score (nSPS) is 18.3. The van der Waals surface area contributed by atoms with Crippen molar-refractivity contribution < 1.29 is 9.90 Å². The van der Waals surface area contributed by atoms with E-state index in [2.05, 4.69) is 15.3 Å². The molecule has 0 spiro atoms. The summed E-state index contributed by atoms with van der Waals surface area (Å²) in [6.07, 6.45) is 9.83. The molecule has 1 aliphatic carbocycles. The fourth-order valence-corrected chi connectivity index (χ4v) is 2.48. The van der Waals surface area contributed by atoms with Crippen molar-refractivity contribution in [3.05, 3.63) is 24.3 Å². The van der Waals surface area contributed by atoms with E-state index in [1.807, 2.05) is 0 Å². The minimum Gasteiger partial charge on any atom is -0.396 e. The van der Waals surface area contributed by atoms with E-state index in [-0.39, 0.29) is 17.9 Å². The summed E-state index contributed by atoms with van der Waals surface area (Å²) < 4.78 is 0. The molecule has 1 aromatic heterocycles. The highest BCUT2D eigenvalue weighted by Crippen LogP contribution is 2.35. The maximum atomic E-state index is 11.9. The average Bonchev–Trinajstić information content (AvgIpc) is 2.47. The zero-order chi connectivity index (χ0) is 12.8. The van der Waals surface area contributed by atoms with E-state index in [1.165, 1.54) is 25.1 Å². The standard InChI is InChI=1S/C13H19N3O2/c17-9-13(4-2-1-3-5-13)8-16-12(18)11-6-14-10-15-7-11/h6-7,10,17H,1-5,8-9H2,(H,16,18). The van der Waals surface area contributed by atoms with Gasteiger partial charge in [0.1, 0.15) is 6.33 Å². The first kappa shape index (κ1) is 13.0. The van der Waals surface area contributed by atoms with Gasteiger partial charge < -0.3 is 10.4 Å². The molecule has 1 aromatic rings. The lowest BCUT2D eigenvalue weighted by atomic mass is 9.74. The van der Waals surface area contributed by atoms with Gasteiger partial charge in [0.05, 0.1) is 12.2 Å². The molecule has 0 unspecified atom stereocenters. The Bertz CT molecular complexity index is 388. The molecule has 1 saturated carbocycles. The molecule has 1 aliphatic rings. The molecule has 5 heteroatoms. The van der Waals surface area contributed by atoms with Gasteiger partial charge in [-0.25, -0.2) is 9.97 Å². The van der Waals surface area contributed by atoms with Crippen LogP contribution < -0.4 is 5.32 Å². The van der Waals surface area contributed by atoms with Crippen LogP contribution in [0.1, 0.15) is 42.5 Å². The summed E-state index contributed by atoms with van der Waals surface area (Å²) in [4.78, 5) is 19.5. The Balaban J connectivity index is 1.92. The number of carbonyl (C=O) groups is 1. The molecule has 18 heavy (non-hydrogen) atoms. The summed E-state index contributed by atoms with van der Waals surface area (Å²) in [6.45, 7) is 0.662. The number of hydrogen-bond donors (Lipinski definition) is 2. The van der Waals surface area contributed by atoms with E-state index in [9.17, 15) is 9.90 Å². The lowest BCUT2D eigenvalue weighted by Crippen LogP contribution is -2.41. The van der Waals surface area contributed by atoms with Crippen LogP contribution in [-0.4, -0.2) is 34.1 Å². The van der Waals surface area contributed by atoms with E-state index >= 15 is 0 Å². The zero-order valence-corrected chi connectivity index (χ0v) is 10.4. The van der Waals surface area contributed by atoms with Gasteiger partial charge in [-0.05, 0) is 12.8 Å². The maximum absolute atomic E-state index is 11.9. The average molecular weight is 249 g/mol. The first-order chi connectivity index (χ1) is 8.76. The van der Waals surface area contributed by atoms with Gasteiger partial charge in [-0.1, -0.05) is 19.3 Å². The largest absolute Gasteiger partial charge is 0.396 e. The second-order valence-corrected chi connectivity index (χ2v) is 5.03. The van der Waals surface area contributed by atoms with E-state index in [4.69, 9.17) is 0 Å². The minimum atomic E-state index is -0.172. The lowest BCUT2D eigenvalue weighted by molar-refractivity contribution is 0.0717. The number of aromatic nitrogens is 2. The van der Waals surface area contributed by atoms with Crippen molar-refractivity contribution in [2.45, 2.75) is 32.1 Å². The minimum absolute atomic E-state index is 0.135. The highest BCUT2D eigenvalue weighted by molar-refractivity contribution is 5.93. The van der Waals surface area contributed by atoms with Gasteiger partial charge in [0, 0.05) is 24.4 Å². The SMILES string of the molecule is O=C(NCC1(CO)CCCCC1)c1cncnc1. The number of aliphatic hydroxyl groups excluding tert-OH is 1. The summed E-state index contributed by atoms with van der Waals surface area (Å²) >= 11 is 0. The van der Waals surface area contributed by atoms with Crippen LogP contribution in [0.15, 0.2) is 18.7 Å². The molecule has 0 bridgehead atoms. The van der Waals surface area contributed by atoms with Crippen molar-refractivity contribution in [2.75, 3.05) is 13.2 Å². The van der Waals surface area contributed by atoms with Crippen molar-refractivity contribution in [2.24, 2.45) is 5.41 Å². The third kappa shape index (κ3) is 3.04. The zero-order valence-electron chi connectivity index (χ0n) is 10.4. The Morgan fingerprint density at radius 2 is 1.94 bits per heavy atom. The molecule has 0 saturated heterocycles. The first-order valence-corrected chi connectivity index (χ1v) is 6.40. The van der Waals surface area contributed by atoms with Crippen molar-refractivity contribution in [3.8, 4) is 0 Å². The summed E-state index contributed by atoms with van der Waals surface area (Å²) in [6, 6.07) is 0. The molecule has 0 radical (unpaired) electrons. The number of aliphatic hydroxyl groups is 1. The Morgan fingerprint density at radius 1 is 1.28 bits per heavy atom.